The minimum absolute atomic E-state index is 0.0205. The minimum atomic E-state index is -0.449. The topological polar surface area (TPSA) is 97.8 Å². The number of ether oxygens (including phenoxy) is 4. The summed E-state index contributed by atoms with van der Waals surface area (Å²) in [7, 11) is 3.13. The van der Waals surface area contributed by atoms with Gasteiger partial charge in [-0.3, -0.25) is 4.57 Å². The number of rotatable bonds is 9. The van der Waals surface area contributed by atoms with Crippen LogP contribution in [0.25, 0.3) is 17.3 Å². The standard InChI is InChI=1S/C20H23N3O6/c1-5-28-18(24)12-27-11-17-21-22-20(16-10-9-13(2)29-16)23(17)19-14(25-3)7-6-8-15(19)26-4/h6-10H,5,11-12H2,1-4H3. The molecule has 0 unspecified atom stereocenters. The monoisotopic (exact) mass is 401 g/mol. The van der Waals surface area contributed by atoms with Crippen molar-refractivity contribution in [3.8, 4) is 28.8 Å². The summed E-state index contributed by atoms with van der Waals surface area (Å²) in [6.45, 7) is 3.70. The first-order chi connectivity index (χ1) is 14.1. The van der Waals surface area contributed by atoms with E-state index in [1.54, 1.807) is 43.9 Å². The molecule has 2 aromatic heterocycles. The quantitative estimate of drug-likeness (QED) is 0.505. The number of para-hydroxylation sites is 1. The largest absolute Gasteiger partial charge is 0.494 e. The van der Waals surface area contributed by atoms with Crippen LogP contribution in [0.2, 0.25) is 0 Å². The number of esters is 1. The molecule has 0 fully saturated rings. The van der Waals surface area contributed by atoms with Crippen LogP contribution in [-0.4, -0.2) is 48.2 Å². The van der Waals surface area contributed by atoms with E-state index < -0.39 is 5.97 Å². The molecular weight excluding hydrogens is 378 g/mol. The summed E-state index contributed by atoms with van der Waals surface area (Å²) in [5.41, 5.74) is 0.598. The van der Waals surface area contributed by atoms with Crippen LogP contribution in [0.5, 0.6) is 11.5 Å². The Balaban J connectivity index is 2.06. The average Bonchev–Trinajstić information content (AvgIpc) is 3.33. The fourth-order valence-corrected chi connectivity index (χ4v) is 2.84. The smallest absolute Gasteiger partial charge is 0.332 e. The van der Waals surface area contributed by atoms with E-state index in [1.165, 1.54) is 0 Å². The molecule has 9 heteroatoms. The third-order valence-electron chi connectivity index (χ3n) is 4.07. The molecule has 154 valence electrons. The van der Waals surface area contributed by atoms with Gasteiger partial charge in [-0.25, -0.2) is 4.79 Å². The summed E-state index contributed by atoms with van der Waals surface area (Å²) >= 11 is 0. The van der Waals surface area contributed by atoms with Crippen LogP contribution in [0.1, 0.15) is 18.5 Å². The summed E-state index contributed by atoms with van der Waals surface area (Å²) in [6, 6.07) is 9.07. The highest BCUT2D eigenvalue weighted by atomic mass is 16.6. The van der Waals surface area contributed by atoms with Crippen LogP contribution in [-0.2, 0) is 20.9 Å². The summed E-state index contributed by atoms with van der Waals surface area (Å²) in [4.78, 5) is 11.6. The number of methoxy groups -OCH3 is 2. The van der Waals surface area contributed by atoms with Gasteiger partial charge >= 0.3 is 5.97 Å². The van der Waals surface area contributed by atoms with Crippen LogP contribution in [0, 0.1) is 6.92 Å². The van der Waals surface area contributed by atoms with E-state index in [-0.39, 0.29) is 13.2 Å². The van der Waals surface area contributed by atoms with Crippen molar-refractivity contribution in [2.45, 2.75) is 20.5 Å². The second-order valence-corrected chi connectivity index (χ2v) is 5.99. The fraction of sp³-hybridized carbons (Fsp3) is 0.350. The predicted octanol–water partition coefficient (Wildman–Crippen LogP) is 2.93. The number of furan rings is 1. The first-order valence-corrected chi connectivity index (χ1v) is 9.04. The Labute approximate surface area is 168 Å². The van der Waals surface area contributed by atoms with Crippen LogP contribution in [0.3, 0.4) is 0 Å². The van der Waals surface area contributed by atoms with Crippen LogP contribution < -0.4 is 9.47 Å². The lowest BCUT2D eigenvalue weighted by molar-refractivity contribution is -0.148. The van der Waals surface area contributed by atoms with Gasteiger partial charge in [0, 0.05) is 0 Å². The Morgan fingerprint density at radius 1 is 1.10 bits per heavy atom. The summed E-state index contributed by atoms with van der Waals surface area (Å²) in [6.07, 6.45) is 0. The van der Waals surface area contributed by atoms with Gasteiger partial charge in [-0.1, -0.05) is 6.07 Å². The van der Waals surface area contributed by atoms with E-state index in [0.29, 0.717) is 41.2 Å². The number of nitrogens with zero attached hydrogens (tertiary/aromatic N) is 3. The normalized spacial score (nSPS) is 10.8. The molecule has 0 atom stereocenters. The highest BCUT2D eigenvalue weighted by Gasteiger charge is 2.24. The number of benzene rings is 1. The van der Waals surface area contributed by atoms with E-state index in [1.807, 2.05) is 19.1 Å². The van der Waals surface area contributed by atoms with Gasteiger partial charge in [-0.15, -0.1) is 10.2 Å². The third kappa shape index (κ3) is 4.40. The van der Waals surface area contributed by atoms with Crippen LogP contribution >= 0.6 is 0 Å². The molecule has 0 bridgehead atoms. The number of aryl methyl sites for hydroxylation is 1. The van der Waals surface area contributed by atoms with Gasteiger partial charge in [0.05, 0.1) is 20.8 Å². The maximum atomic E-state index is 11.6. The van der Waals surface area contributed by atoms with Gasteiger partial charge in [-0.2, -0.15) is 0 Å². The van der Waals surface area contributed by atoms with Gasteiger partial charge in [0.25, 0.3) is 0 Å². The highest BCUT2D eigenvalue weighted by Crippen LogP contribution is 2.36. The van der Waals surface area contributed by atoms with Crippen molar-refractivity contribution in [3.05, 3.63) is 41.9 Å². The van der Waals surface area contributed by atoms with Crippen molar-refractivity contribution < 1.29 is 28.2 Å². The van der Waals surface area contributed by atoms with Gasteiger partial charge in [0.2, 0.25) is 5.82 Å². The molecule has 0 saturated carbocycles. The first-order valence-electron chi connectivity index (χ1n) is 9.04. The van der Waals surface area contributed by atoms with Crippen molar-refractivity contribution >= 4 is 5.97 Å². The molecule has 1 aromatic carbocycles. The Hall–Kier alpha value is -3.33. The van der Waals surface area contributed by atoms with Gasteiger partial charge in [0.15, 0.2) is 11.6 Å². The molecule has 2 heterocycles. The number of carbonyl (C=O) groups is 1. The van der Waals surface area contributed by atoms with Crippen molar-refractivity contribution in [2.75, 3.05) is 27.4 Å². The lowest BCUT2D eigenvalue weighted by Gasteiger charge is -2.16. The fourth-order valence-electron chi connectivity index (χ4n) is 2.84. The number of aromatic nitrogens is 3. The molecule has 0 spiro atoms. The maximum absolute atomic E-state index is 11.6. The molecule has 0 aliphatic heterocycles. The van der Waals surface area contributed by atoms with E-state index in [2.05, 4.69) is 10.2 Å². The first kappa shape index (κ1) is 20.4. The number of hydrogen-bond acceptors (Lipinski definition) is 8. The molecular formula is C20H23N3O6. The molecule has 3 aromatic rings. The van der Waals surface area contributed by atoms with Crippen molar-refractivity contribution in [2.24, 2.45) is 0 Å². The zero-order valence-electron chi connectivity index (χ0n) is 16.8. The van der Waals surface area contributed by atoms with E-state index in [9.17, 15) is 4.79 Å². The Morgan fingerprint density at radius 3 is 2.41 bits per heavy atom. The predicted molar refractivity (Wildman–Crippen MR) is 103 cm³/mol. The van der Waals surface area contributed by atoms with Crippen LogP contribution in [0.15, 0.2) is 34.7 Å². The lowest BCUT2D eigenvalue weighted by atomic mass is 10.2. The van der Waals surface area contributed by atoms with Gasteiger partial charge in [0.1, 0.15) is 36.2 Å². The minimum Gasteiger partial charge on any atom is -0.494 e. The SMILES string of the molecule is CCOC(=O)COCc1nnc(-c2ccc(C)o2)n1-c1c(OC)cccc1OC. The second-order valence-electron chi connectivity index (χ2n) is 5.99. The Kier molecular flexibility index (Phi) is 6.50. The summed E-state index contributed by atoms with van der Waals surface area (Å²) < 4.78 is 28.9. The van der Waals surface area contributed by atoms with E-state index >= 15 is 0 Å². The Bertz CT molecular complexity index is 956. The van der Waals surface area contributed by atoms with E-state index in [4.69, 9.17) is 23.4 Å². The van der Waals surface area contributed by atoms with Crippen molar-refractivity contribution in [1.29, 1.82) is 0 Å². The highest BCUT2D eigenvalue weighted by molar-refractivity contribution is 5.70. The molecule has 0 radical (unpaired) electrons. The maximum Gasteiger partial charge on any atom is 0.332 e. The number of carbonyl (C=O) groups excluding carboxylic acids is 1. The van der Waals surface area contributed by atoms with E-state index in [0.717, 1.165) is 5.76 Å². The van der Waals surface area contributed by atoms with Gasteiger partial charge in [-0.05, 0) is 38.1 Å². The van der Waals surface area contributed by atoms with Crippen molar-refractivity contribution in [3.63, 3.8) is 0 Å². The van der Waals surface area contributed by atoms with Crippen molar-refractivity contribution in [1.82, 2.24) is 14.8 Å². The molecule has 3 rings (SSSR count). The average molecular weight is 401 g/mol. The molecule has 0 saturated heterocycles. The zero-order valence-corrected chi connectivity index (χ0v) is 16.8. The molecule has 0 N–H and O–H groups in total. The second kappa shape index (κ2) is 9.24. The molecule has 0 amide bonds. The summed E-state index contributed by atoms with van der Waals surface area (Å²) in [5, 5.41) is 8.51. The molecule has 0 aliphatic rings. The zero-order chi connectivity index (χ0) is 20.8. The van der Waals surface area contributed by atoms with Gasteiger partial charge < -0.3 is 23.4 Å². The number of hydrogen-bond donors (Lipinski definition) is 0. The Morgan fingerprint density at radius 2 is 1.83 bits per heavy atom. The third-order valence-corrected chi connectivity index (χ3v) is 4.07. The van der Waals surface area contributed by atoms with Crippen LogP contribution in [0.4, 0.5) is 0 Å². The molecule has 29 heavy (non-hydrogen) atoms. The summed E-state index contributed by atoms with van der Waals surface area (Å²) in [5.74, 6) is 2.83. The lowest BCUT2D eigenvalue weighted by Crippen LogP contribution is -2.14. The molecule has 0 aliphatic carbocycles. The molecule has 9 nitrogen and oxygen atoms in total.